The molecule has 0 aliphatic heterocycles. The minimum Gasteiger partial charge on any atom is -0.489 e. The summed E-state index contributed by atoms with van der Waals surface area (Å²) in [7, 11) is 2.07. The van der Waals surface area contributed by atoms with Crippen LogP contribution in [0.3, 0.4) is 0 Å². The van der Waals surface area contributed by atoms with Crippen LogP contribution in [0.5, 0.6) is 5.75 Å². The molecular weight excluding hydrogens is 234 g/mol. The number of rotatable bonds is 5. The molecule has 106 valence electrons. The second kappa shape index (κ2) is 5.54. The van der Waals surface area contributed by atoms with Gasteiger partial charge in [-0.25, -0.2) is 0 Å². The molecule has 1 aliphatic rings. The number of aryl methyl sites for hydroxylation is 2. The Balaban J connectivity index is 2.17. The zero-order valence-corrected chi connectivity index (χ0v) is 12.9. The summed E-state index contributed by atoms with van der Waals surface area (Å²) in [6, 6.07) is 7.06. The van der Waals surface area contributed by atoms with Crippen LogP contribution in [0.25, 0.3) is 0 Å². The van der Waals surface area contributed by atoms with Gasteiger partial charge in [-0.1, -0.05) is 26.0 Å². The van der Waals surface area contributed by atoms with Gasteiger partial charge in [0.2, 0.25) is 0 Å². The van der Waals surface area contributed by atoms with Crippen molar-refractivity contribution in [2.24, 2.45) is 5.41 Å². The van der Waals surface area contributed by atoms with Crippen molar-refractivity contribution in [2.45, 2.75) is 59.1 Å². The van der Waals surface area contributed by atoms with Crippen LogP contribution >= 0.6 is 0 Å². The number of nitrogens with one attached hydrogen (secondary N) is 1. The van der Waals surface area contributed by atoms with Crippen LogP contribution in [0.1, 0.15) is 44.2 Å². The lowest BCUT2D eigenvalue weighted by Crippen LogP contribution is -2.63. The second-order valence-corrected chi connectivity index (χ2v) is 5.89. The Morgan fingerprint density at radius 2 is 1.95 bits per heavy atom. The summed E-state index contributed by atoms with van der Waals surface area (Å²) < 4.78 is 6.35. The normalized spacial score (nSPS) is 24.9. The van der Waals surface area contributed by atoms with Crippen molar-refractivity contribution in [3.05, 3.63) is 29.3 Å². The molecule has 2 unspecified atom stereocenters. The molecular formula is C17H27NO. The summed E-state index contributed by atoms with van der Waals surface area (Å²) in [4.78, 5) is 0. The molecule has 0 saturated heterocycles. The molecule has 1 aromatic carbocycles. The van der Waals surface area contributed by atoms with Crippen molar-refractivity contribution in [1.82, 2.24) is 5.32 Å². The van der Waals surface area contributed by atoms with E-state index in [4.69, 9.17) is 4.74 Å². The van der Waals surface area contributed by atoms with Crippen LogP contribution in [0.2, 0.25) is 0 Å². The van der Waals surface area contributed by atoms with E-state index in [1.54, 1.807) is 0 Å². The van der Waals surface area contributed by atoms with Gasteiger partial charge in [0.15, 0.2) is 0 Å². The van der Waals surface area contributed by atoms with E-state index < -0.39 is 0 Å². The Bertz CT molecular complexity index is 437. The minimum absolute atomic E-state index is 0.297. The molecule has 0 amide bonds. The molecule has 0 bridgehead atoms. The first-order valence-corrected chi connectivity index (χ1v) is 7.48. The molecule has 1 aromatic rings. The average Bonchev–Trinajstić information content (AvgIpc) is 2.39. The van der Waals surface area contributed by atoms with Crippen molar-refractivity contribution < 1.29 is 4.74 Å². The van der Waals surface area contributed by atoms with E-state index in [1.807, 2.05) is 0 Å². The maximum absolute atomic E-state index is 6.35. The van der Waals surface area contributed by atoms with Crippen LogP contribution < -0.4 is 10.1 Å². The van der Waals surface area contributed by atoms with Gasteiger partial charge >= 0.3 is 0 Å². The van der Waals surface area contributed by atoms with Crippen molar-refractivity contribution >= 4 is 0 Å². The lowest BCUT2D eigenvalue weighted by atomic mass is 9.58. The van der Waals surface area contributed by atoms with E-state index in [1.165, 1.54) is 24.0 Å². The molecule has 0 radical (unpaired) electrons. The predicted octanol–water partition coefficient (Wildman–Crippen LogP) is 3.85. The standard InChI is InChI=1S/C17H27NO/c1-6-17(7-2)15(18-5)11-16(17)19-14-10-12(3)8-9-13(14)4/h8-10,15-16,18H,6-7,11H2,1-5H3. The van der Waals surface area contributed by atoms with Crippen molar-refractivity contribution in [1.29, 1.82) is 0 Å². The van der Waals surface area contributed by atoms with Crippen molar-refractivity contribution in [3.8, 4) is 5.75 Å². The van der Waals surface area contributed by atoms with Crippen molar-refractivity contribution in [2.75, 3.05) is 7.05 Å². The zero-order chi connectivity index (χ0) is 14.0. The van der Waals surface area contributed by atoms with Crippen molar-refractivity contribution in [3.63, 3.8) is 0 Å². The molecule has 1 fully saturated rings. The highest BCUT2D eigenvalue weighted by Crippen LogP contribution is 2.49. The highest BCUT2D eigenvalue weighted by atomic mass is 16.5. The number of benzene rings is 1. The maximum Gasteiger partial charge on any atom is 0.122 e. The largest absolute Gasteiger partial charge is 0.489 e. The highest BCUT2D eigenvalue weighted by molar-refractivity contribution is 5.36. The lowest BCUT2D eigenvalue weighted by molar-refractivity contribution is -0.0838. The fourth-order valence-electron chi connectivity index (χ4n) is 3.50. The number of hydrogen-bond acceptors (Lipinski definition) is 2. The SMILES string of the molecule is CCC1(CC)C(NC)CC1Oc1cc(C)ccc1C. The highest BCUT2D eigenvalue weighted by Gasteiger charge is 2.53. The van der Waals surface area contributed by atoms with E-state index >= 15 is 0 Å². The molecule has 1 aliphatic carbocycles. The quantitative estimate of drug-likeness (QED) is 0.869. The third-order valence-corrected chi connectivity index (χ3v) is 5.06. The van der Waals surface area contributed by atoms with Crippen LogP contribution in [-0.4, -0.2) is 19.2 Å². The van der Waals surface area contributed by atoms with Gasteiger partial charge in [0, 0.05) is 17.9 Å². The van der Waals surface area contributed by atoms with Gasteiger partial charge < -0.3 is 10.1 Å². The van der Waals surface area contributed by atoms with E-state index in [0.717, 1.165) is 12.2 Å². The van der Waals surface area contributed by atoms with Crippen LogP contribution in [0.15, 0.2) is 18.2 Å². The van der Waals surface area contributed by atoms with E-state index in [-0.39, 0.29) is 0 Å². The average molecular weight is 261 g/mol. The van der Waals surface area contributed by atoms with Crippen LogP contribution in [0.4, 0.5) is 0 Å². The fraction of sp³-hybridized carbons (Fsp3) is 0.647. The Kier molecular flexibility index (Phi) is 4.19. The fourth-order valence-corrected chi connectivity index (χ4v) is 3.50. The summed E-state index contributed by atoms with van der Waals surface area (Å²) in [5.74, 6) is 1.06. The molecule has 19 heavy (non-hydrogen) atoms. The van der Waals surface area contributed by atoms with E-state index in [9.17, 15) is 0 Å². The third kappa shape index (κ3) is 2.38. The van der Waals surface area contributed by atoms with E-state index in [2.05, 4.69) is 58.3 Å². The summed E-state index contributed by atoms with van der Waals surface area (Å²) in [6.45, 7) is 8.82. The van der Waals surface area contributed by atoms with Gasteiger partial charge in [-0.3, -0.25) is 0 Å². The van der Waals surface area contributed by atoms with Gasteiger partial charge in [-0.15, -0.1) is 0 Å². The molecule has 2 nitrogen and oxygen atoms in total. The molecule has 2 rings (SSSR count). The Morgan fingerprint density at radius 3 is 2.53 bits per heavy atom. The Hall–Kier alpha value is -1.02. The summed E-state index contributed by atoms with van der Waals surface area (Å²) in [5, 5.41) is 3.46. The first kappa shape index (κ1) is 14.4. The van der Waals surface area contributed by atoms with Gasteiger partial charge in [0.25, 0.3) is 0 Å². The van der Waals surface area contributed by atoms with Crippen LogP contribution in [-0.2, 0) is 0 Å². The van der Waals surface area contributed by atoms with Crippen LogP contribution in [0, 0.1) is 19.3 Å². The predicted molar refractivity (Wildman–Crippen MR) is 80.8 cm³/mol. The molecule has 2 heteroatoms. The second-order valence-electron chi connectivity index (χ2n) is 5.89. The van der Waals surface area contributed by atoms with Gasteiger partial charge in [-0.05, 0) is 50.9 Å². The molecule has 0 heterocycles. The first-order valence-electron chi connectivity index (χ1n) is 7.48. The Labute approximate surface area is 117 Å². The molecule has 0 aromatic heterocycles. The molecule has 0 spiro atoms. The van der Waals surface area contributed by atoms with Gasteiger partial charge in [-0.2, -0.15) is 0 Å². The molecule has 1 N–H and O–H groups in total. The first-order chi connectivity index (χ1) is 9.07. The topological polar surface area (TPSA) is 21.3 Å². The minimum atomic E-state index is 0.297. The maximum atomic E-state index is 6.35. The number of hydrogen-bond donors (Lipinski definition) is 1. The summed E-state index contributed by atoms with van der Waals surface area (Å²) >= 11 is 0. The summed E-state index contributed by atoms with van der Waals surface area (Å²) in [6.07, 6.45) is 3.81. The lowest BCUT2D eigenvalue weighted by Gasteiger charge is -2.55. The molecule has 1 saturated carbocycles. The van der Waals surface area contributed by atoms with Gasteiger partial charge in [0.05, 0.1) is 0 Å². The summed E-state index contributed by atoms with van der Waals surface area (Å²) in [5.41, 5.74) is 2.80. The number of ether oxygens (including phenoxy) is 1. The molecule has 2 atom stereocenters. The third-order valence-electron chi connectivity index (χ3n) is 5.06. The monoisotopic (exact) mass is 261 g/mol. The smallest absolute Gasteiger partial charge is 0.122 e. The van der Waals surface area contributed by atoms with Gasteiger partial charge in [0.1, 0.15) is 11.9 Å². The Morgan fingerprint density at radius 1 is 1.26 bits per heavy atom. The zero-order valence-electron chi connectivity index (χ0n) is 12.9. The van der Waals surface area contributed by atoms with E-state index in [0.29, 0.717) is 17.6 Å².